The van der Waals surface area contributed by atoms with E-state index in [1.807, 2.05) is 0 Å². The van der Waals surface area contributed by atoms with Gasteiger partial charge in [-0.15, -0.1) is 0 Å². The van der Waals surface area contributed by atoms with Crippen LogP contribution in [-0.2, 0) is 4.74 Å². The number of hydrogen-bond acceptors (Lipinski definition) is 2. The Bertz CT molecular complexity index is 213. The predicted molar refractivity (Wildman–Crippen MR) is 72.2 cm³/mol. The van der Waals surface area contributed by atoms with Gasteiger partial charge in [0.15, 0.2) is 0 Å². The molecule has 2 atom stereocenters. The fourth-order valence-electron chi connectivity index (χ4n) is 3.20. The van der Waals surface area contributed by atoms with Crippen LogP contribution in [0, 0.1) is 5.92 Å². The highest BCUT2D eigenvalue weighted by molar-refractivity contribution is 4.87. The van der Waals surface area contributed by atoms with Crippen LogP contribution < -0.4 is 5.32 Å². The van der Waals surface area contributed by atoms with Crippen molar-refractivity contribution in [2.75, 3.05) is 6.54 Å². The van der Waals surface area contributed by atoms with Crippen molar-refractivity contribution in [2.24, 2.45) is 5.92 Å². The second kappa shape index (κ2) is 6.75. The lowest BCUT2D eigenvalue weighted by Gasteiger charge is -2.40. The molecule has 2 fully saturated rings. The van der Waals surface area contributed by atoms with Crippen molar-refractivity contribution < 1.29 is 4.74 Å². The number of rotatable bonds is 6. The molecule has 2 aliphatic carbocycles. The van der Waals surface area contributed by atoms with Crippen molar-refractivity contribution in [3.05, 3.63) is 0 Å². The van der Waals surface area contributed by atoms with E-state index in [9.17, 15) is 0 Å². The Labute approximate surface area is 107 Å². The average Bonchev–Trinajstić information content (AvgIpc) is 2.32. The second-order valence-corrected chi connectivity index (χ2v) is 5.94. The third-order valence-electron chi connectivity index (χ3n) is 4.47. The topological polar surface area (TPSA) is 21.3 Å². The lowest BCUT2D eigenvalue weighted by molar-refractivity contribution is -0.0837. The Morgan fingerprint density at radius 1 is 1.06 bits per heavy atom. The maximum absolute atomic E-state index is 6.23. The number of hydrogen-bond donors (Lipinski definition) is 1. The largest absolute Gasteiger partial charge is 0.375 e. The minimum Gasteiger partial charge on any atom is -0.375 e. The Balaban J connectivity index is 1.59. The van der Waals surface area contributed by atoms with Gasteiger partial charge >= 0.3 is 0 Å². The molecule has 0 aromatic carbocycles. The van der Waals surface area contributed by atoms with Crippen LogP contribution in [-0.4, -0.2) is 24.8 Å². The van der Waals surface area contributed by atoms with Crippen molar-refractivity contribution in [3.8, 4) is 0 Å². The van der Waals surface area contributed by atoms with E-state index in [-0.39, 0.29) is 0 Å². The molecule has 0 saturated heterocycles. The van der Waals surface area contributed by atoms with Gasteiger partial charge in [0, 0.05) is 6.04 Å². The summed E-state index contributed by atoms with van der Waals surface area (Å²) in [7, 11) is 0. The molecule has 100 valence electrons. The van der Waals surface area contributed by atoms with Crippen LogP contribution in [0.2, 0.25) is 0 Å². The molecule has 0 bridgehead atoms. The Morgan fingerprint density at radius 3 is 2.59 bits per heavy atom. The van der Waals surface area contributed by atoms with Gasteiger partial charge in [0.25, 0.3) is 0 Å². The lowest BCUT2D eigenvalue weighted by Crippen LogP contribution is -2.47. The van der Waals surface area contributed by atoms with Crippen LogP contribution in [0.4, 0.5) is 0 Å². The van der Waals surface area contributed by atoms with Gasteiger partial charge in [0.05, 0.1) is 12.2 Å². The van der Waals surface area contributed by atoms with E-state index in [1.165, 1.54) is 57.9 Å². The SMILES string of the molecule is CCCNC1CC(OC2CCCC(CC)C2)C1. The van der Waals surface area contributed by atoms with Crippen molar-refractivity contribution >= 4 is 0 Å². The van der Waals surface area contributed by atoms with Gasteiger partial charge in [-0.2, -0.15) is 0 Å². The van der Waals surface area contributed by atoms with Gasteiger partial charge in [0.2, 0.25) is 0 Å². The Kier molecular flexibility index (Phi) is 5.30. The van der Waals surface area contributed by atoms with E-state index in [0.717, 1.165) is 12.0 Å². The maximum Gasteiger partial charge on any atom is 0.0608 e. The van der Waals surface area contributed by atoms with E-state index in [4.69, 9.17) is 4.74 Å². The summed E-state index contributed by atoms with van der Waals surface area (Å²) in [5.41, 5.74) is 0. The highest BCUT2D eigenvalue weighted by Gasteiger charge is 2.32. The summed E-state index contributed by atoms with van der Waals surface area (Å²) < 4.78 is 6.23. The smallest absolute Gasteiger partial charge is 0.0608 e. The van der Waals surface area contributed by atoms with Crippen LogP contribution in [0.25, 0.3) is 0 Å². The minimum atomic E-state index is 0.560. The summed E-state index contributed by atoms with van der Waals surface area (Å²) in [5.74, 6) is 0.933. The van der Waals surface area contributed by atoms with Crippen LogP contribution >= 0.6 is 0 Å². The first-order valence-corrected chi connectivity index (χ1v) is 7.70. The fourth-order valence-corrected chi connectivity index (χ4v) is 3.20. The van der Waals surface area contributed by atoms with Gasteiger partial charge < -0.3 is 10.1 Å². The molecule has 2 heteroatoms. The van der Waals surface area contributed by atoms with Gasteiger partial charge in [-0.25, -0.2) is 0 Å². The van der Waals surface area contributed by atoms with Crippen molar-refractivity contribution in [3.63, 3.8) is 0 Å². The highest BCUT2D eigenvalue weighted by Crippen LogP contribution is 2.32. The first-order chi connectivity index (χ1) is 8.31. The summed E-state index contributed by atoms with van der Waals surface area (Å²) >= 11 is 0. The van der Waals surface area contributed by atoms with Crippen molar-refractivity contribution in [2.45, 2.75) is 83.5 Å². The first kappa shape index (κ1) is 13.4. The standard InChI is InChI=1S/C15H29NO/c1-3-8-16-13-10-15(11-13)17-14-7-5-6-12(4-2)9-14/h12-16H,3-11H2,1-2H3. The third-order valence-corrected chi connectivity index (χ3v) is 4.47. The van der Waals surface area contributed by atoms with Crippen molar-refractivity contribution in [1.29, 1.82) is 0 Å². The molecular weight excluding hydrogens is 210 g/mol. The van der Waals surface area contributed by atoms with E-state index < -0.39 is 0 Å². The van der Waals surface area contributed by atoms with Crippen LogP contribution in [0.1, 0.15) is 65.2 Å². The second-order valence-electron chi connectivity index (χ2n) is 5.94. The van der Waals surface area contributed by atoms with Gasteiger partial charge in [-0.05, 0) is 44.6 Å². The van der Waals surface area contributed by atoms with E-state index in [1.54, 1.807) is 0 Å². The number of nitrogens with one attached hydrogen (secondary N) is 1. The zero-order valence-corrected chi connectivity index (χ0v) is 11.6. The van der Waals surface area contributed by atoms with Gasteiger partial charge in [-0.1, -0.05) is 33.1 Å². The summed E-state index contributed by atoms with van der Waals surface area (Å²) in [6.45, 7) is 5.71. The summed E-state index contributed by atoms with van der Waals surface area (Å²) in [6.07, 6.45) is 11.6. The normalized spacial score (nSPS) is 37.8. The zero-order valence-electron chi connectivity index (χ0n) is 11.6. The predicted octanol–water partition coefficient (Wildman–Crippen LogP) is 3.50. The summed E-state index contributed by atoms with van der Waals surface area (Å²) in [6, 6.07) is 0.741. The Morgan fingerprint density at radius 2 is 1.88 bits per heavy atom. The molecule has 2 saturated carbocycles. The monoisotopic (exact) mass is 239 g/mol. The molecule has 2 nitrogen and oxygen atoms in total. The molecule has 0 spiro atoms. The minimum absolute atomic E-state index is 0.560. The molecule has 2 rings (SSSR count). The molecule has 0 aromatic rings. The molecule has 2 unspecified atom stereocenters. The summed E-state index contributed by atoms with van der Waals surface area (Å²) in [4.78, 5) is 0. The molecule has 2 aliphatic rings. The first-order valence-electron chi connectivity index (χ1n) is 7.70. The highest BCUT2D eigenvalue weighted by atomic mass is 16.5. The lowest BCUT2D eigenvalue weighted by atomic mass is 9.84. The number of ether oxygens (including phenoxy) is 1. The Hall–Kier alpha value is -0.0800. The van der Waals surface area contributed by atoms with E-state index in [2.05, 4.69) is 19.2 Å². The fraction of sp³-hybridized carbons (Fsp3) is 1.00. The van der Waals surface area contributed by atoms with E-state index in [0.29, 0.717) is 12.2 Å². The average molecular weight is 239 g/mol. The van der Waals surface area contributed by atoms with Crippen LogP contribution in [0.5, 0.6) is 0 Å². The van der Waals surface area contributed by atoms with Crippen molar-refractivity contribution in [1.82, 2.24) is 5.32 Å². The molecule has 0 aromatic heterocycles. The molecule has 0 radical (unpaired) electrons. The van der Waals surface area contributed by atoms with Crippen LogP contribution in [0.15, 0.2) is 0 Å². The summed E-state index contributed by atoms with van der Waals surface area (Å²) in [5, 5.41) is 3.58. The maximum atomic E-state index is 6.23. The molecule has 0 heterocycles. The molecular formula is C15H29NO. The van der Waals surface area contributed by atoms with Gasteiger partial charge in [-0.3, -0.25) is 0 Å². The zero-order chi connectivity index (χ0) is 12.1. The molecule has 0 aliphatic heterocycles. The molecule has 0 amide bonds. The quantitative estimate of drug-likeness (QED) is 0.766. The van der Waals surface area contributed by atoms with E-state index >= 15 is 0 Å². The molecule has 1 N–H and O–H groups in total. The molecule has 17 heavy (non-hydrogen) atoms. The van der Waals surface area contributed by atoms with Gasteiger partial charge in [0.1, 0.15) is 0 Å². The third kappa shape index (κ3) is 3.96. The van der Waals surface area contributed by atoms with Crippen LogP contribution in [0.3, 0.4) is 0 Å².